The first-order valence-corrected chi connectivity index (χ1v) is 13.3. The number of carboxylic acids is 1. The first-order chi connectivity index (χ1) is 17.2. The van der Waals surface area contributed by atoms with Crippen LogP contribution in [-0.2, 0) is 23.0 Å². The summed E-state index contributed by atoms with van der Waals surface area (Å²) in [5.41, 5.74) is 6.01. The number of sulfonamides is 1. The minimum Gasteiger partial charge on any atom is -0.478 e. The Labute approximate surface area is 210 Å². The van der Waals surface area contributed by atoms with Crippen molar-refractivity contribution in [2.45, 2.75) is 32.1 Å². The second-order valence-electron chi connectivity index (χ2n) is 9.22. The van der Waals surface area contributed by atoms with Gasteiger partial charge in [0, 0.05) is 41.5 Å². The number of carbonyl (C=O) groups is 1. The zero-order valence-corrected chi connectivity index (χ0v) is 20.9. The summed E-state index contributed by atoms with van der Waals surface area (Å²) in [5.74, 6) is 5.38. The van der Waals surface area contributed by atoms with Crippen LogP contribution in [-0.4, -0.2) is 40.6 Å². The summed E-state index contributed by atoms with van der Waals surface area (Å²) in [4.78, 5) is 15.2. The molecule has 6 nitrogen and oxygen atoms in total. The quantitative estimate of drug-likeness (QED) is 0.386. The average Bonchev–Trinajstić information content (AvgIpc) is 3.34. The number of nitrogens with one attached hydrogen (secondary N) is 1. The molecule has 4 aromatic rings. The van der Waals surface area contributed by atoms with Gasteiger partial charge in [0.05, 0.1) is 10.8 Å². The summed E-state index contributed by atoms with van der Waals surface area (Å²) >= 11 is 0. The summed E-state index contributed by atoms with van der Waals surface area (Å²) in [6, 6.07) is 18.8. The third-order valence-electron chi connectivity index (χ3n) is 6.62. The van der Waals surface area contributed by atoms with Crippen molar-refractivity contribution in [2.75, 3.05) is 6.54 Å². The lowest BCUT2D eigenvalue weighted by Gasteiger charge is -2.29. The van der Waals surface area contributed by atoms with E-state index < -0.39 is 21.2 Å². The highest BCUT2D eigenvalue weighted by Crippen LogP contribution is 2.30. The van der Waals surface area contributed by atoms with E-state index >= 15 is 0 Å². The van der Waals surface area contributed by atoms with Gasteiger partial charge in [-0.05, 0) is 78.7 Å². The standard InChI is InChI=1S/C29H26N2O4S/c1-19(2)36(34,35)31-15-13-23-16-20(7-9-25(23)18-31)6-8-22-4-3-5-26(29(32)33)28(22)24-11-10-21-12-14-30-27(21)17-24/h3-5,7,9-12,14,16-17,19,30H,13,15,18H2,1-2H3,(H,32,33). The van der Waals surface area contributed by atoms with E-state index in [2.05, 4.69) is 16.8 Å². The van der Waals surface area contributed by atoms with Crippen LogP contribution in [0, 0.1) is 11.8 Å². The number of aromatic amines is 1. The van der Waals surface area contributed by atoms with Crippen molar-refractivity contribution in [3.05, 3.63) is 94.7 Å². The molecule has 1 aliphatic rings. The maximum atomic E-state index is 12.6. The highest BCUT2D eigenvalue weighted by atomic mass is 32.2. The van der Waals surface area contributed by atoms with Crippen LogP contribution in [0.2, 0.25) is 0 Å². The second-order valence-corrected chi connectivity index (χ2v) is 11.7. The maximum absolute atomic E-state index is 12.6. The zero-order chi connectivity index (χ0) is 25.4. The van der Waals surface area contributed by atoms with Crippen molar-refractivity contribution in [3.63, 3.8) is 0 Å². The predicted molar refractivity (Wildman–Crippen MR) is 141 cm³/mol. The molecular weight excluding hydrogens is 472 g/mol. The molecule has 0 spiro atoms. The molecule has 0 saturated heterocycles. The number of aromatic nitrogens is 1. The Hall–Kier alpha value is -3.86. The zero-order valence-electron chi connectivity index (χ0n) is 20.1. The normalized spacial score (nSPS) is 13.9. The molecule has 1 aromatic heterocycles. The molecule has 182 valence electrons. The number of hydrogen-bond acceptors (Lipinski definition) is 3. The molecule has 5 rings (SSSR count). The summed E-state index contributed by atoms with van der Waals surface area (Å²) in [7, 11) is -3.30. The highest BCUT2D eigenvalue weighted by molar-refractivity contribution is 7.89. The van der Waals surface area contributed by atoms with Gasteiger partial charge in [-0.25, -0.2) is 13.2 Å². The number of benzene rings is 3. The summed E-state index contributed by atoms with van der Waals surface area (Å²) in [6.45, 7) is 4.23. The maximum Gasteiger partial charge on any atom is 0.336 e. The van der Waals surface area contributed by atoms with E-state index in [9.17, 15) is 18.3 Å². The SMILES string of the molecule is CC(C)S(=O)(=O)N1CCc2cc(C#Cc3cccc(C(=O)O)c3-c3ccc4cc[nH]c4c3)ccc2C1. The first kappa shape index (κ1) is 23.9. The fraction of sp³-hybridized carbons (Fsp3) is 0.207. The number of carboxylic acid groups (broad SMARTS) is 1. The number of rotatable bonds is 4. The summed E-state index contributed by atoms with van der Waals surface area (Å²) in [5, 5.41) is 10.5. The number of hydrogen-bond donors (Lipinski definition) is 2. The van der Waals surface area contributed by atoms with Crippen LogP contribution in [0.15, 0.2) is 66.9 Å². The van der Waals surface area contributed by atoms with Crippen LogP contribution in [0.3, 0.4) is 0 Å². The number of fused-ring (bicyclic) bond motifs is 2. The third kappa shape index (κ3) is 4.41. The van der Waals surface area contributed by atoms with Gasteiger partial charge >= 0.3 is 5.97 Å². The fourth-order valence-corrected chi connectivity index (χ4v) is 5.87. The average molecular weight is 499 g/mol. The molecule has 0 radical (unpaired) electrons. The molecule has 36 heavy (non-hydrogen) atoms. The van der Waals surface area contributed by atoms with Gasteiger partial charge in [0.25, 0.3) is 0 Å². The monoisotopic (exact) mass is 498 g/mol. The molecule has 0 aliphatic carbocycles. The van der Waals surface area contributed by atoms with Crippen molar-refractivity contribution < 1.29 is 18.3 Å². The van der Waals surface area contributed by atoms with E-state index in [1.807, 2.05) is 54.7 Å². The van der Waals surface area contributed by atoms with E-state index in [0.29, 0.717) is 30.6 Å². The van der Waals surface area contributed by atoms with Crippen molar-refractivity contribution in [3.8, 4) is 23.0 Å². The number of H-pyrrole nitrogens is 1. The van der Waals surface area contributed by atoms with E-state index in [-0.39, 0.29) is 5.56 Å². The number of aromatic carboxylic acids is 1. The smallest absolute Gasteiger partial charge is 0.336 e. The first-order valence-electron chi connectivity index (χ1n) is 11.8. The van der Waals surface area contributed by atoms with Crippen molar-refractivity contribution >= 4 is 26.9 Å². The summed E-state index contributed by atoms with van der Waals surface area (Å²) < 4.78 is 26.7. The Bertz CT molecular complexity index is 1660. The molecule has 0 atom stereocenters. The lowest BCUT2D eigenvalue weighted by Crippen LogP contribution is -2.39. The third-order valence-corrected chi connectivity index (χ3v) is 8.84. The molecule has 2 heterocycles. The molecule has 0 fully saturated rings. The van der Waals surface area contributed by atoms with Crippen LogP contribution in [0.1, 0.15) is 46.5 Å². The Morgan fingerprint density at radius 1 is 1.03 bits per heavy atom. The van der Waals surface area contributed by atoms with E-state index in [1.54, 1.807) is 30.3 Å². The van der Waals surface area contributed by atoms with E-state index in [1.165, 1.54) is 0 Å². The molecule has 0 unspecified atom stereocenters. The Morgan fingerprint density at radius 3 is 2.64 bits per heavy atom. The second kappa shape index (κ2) is 9.30. The van der Waals surface area contributed by atoms with Crippen molar-refractivity contribution in [1.82, 2.24) is 9.29 Å². The molecule has 1 aliphatic heterocycles. The lowest BCUT2D eigenvalue weighted by molar-refractivity contribution is 0.0697. The Morgan fingerprint density at radius 2 is 1.86 bits per heavy atom. The van der Waals surface area contributed by atoms with Crippen molar-refractivity contribution in [2.24, 2.45) is 0 Å². The molecule has 2 N–H and O–H groups in total. The van der Waals surface area contributed by atoms with Crippen LogP contribution >= 0.6 is 0 Å². The molecule has 0 amide bonds. The Balaban J connectivity index is 1.50. The van der Waals surface area contributed by atoms with E-state index in [0.717, 1.165) is 33.2 Å². The van der Waals surface area contributed by atoms with Gasteiger partial charge in [-0.1, -0.05) is 36.1 Å². The van der Waals surface area contributed by atoms with Gasteiger partial charge < -0.3 is 10.1 Å². The summed E-state index contributed by atoms with van der Waals surface area (Å²) in [6.07, 6.45) is 2.48. The number of nitrogens with zero attached hydrogens (tertiary/aromatic N) is 1. The van der Waals surface area contributed by atoms with E-state index in [4.69, 9.17) is 0 Å². The minimum atomic E-state index is -3.30. The van der Waals surface area contributed by atoms with Gasteiger partial charge in [0.15, 0.2) is 0 Å². The van der Waals surface area contributed by atoms with Crippen LogP contribution in [0.4, 0.5) is 0 Å². The molecule has 0 bridgehead atoms. The topological polar surface area (TPSA) is 90.5 Å². The molecule has 3 aromatic carbocycles. The largest absolute Gasteiger partial charge is 0.478 e. The van der Waals surface area contributed by atoms with Gasteiger partial charge in [-0.2, -0.15) is 4.31 Å². The Kier molecular flexibility index (Phi) is 6.17. The van der Waals surface area contributed by atoms with Gasteiger partial charge in [-0.3, -0.25) is 0 Å². The van der Waals surface area contributed by atoms with Crippen LogP contribution in [0.25, 0.3) is 22.0 Å². The van der Waals surface area contributed by atoms with Gasteiger partial charge in [0.1, 0.15) is 0 Å². The van der Waals surface area contributed by atoms with Gasteiger partial charge in [0.2, 0.25) is 10.0 Å². The van der Waals surface area contributed by atoms with Gasteiger partial charge in [-0.15, -0.1) is 0 Å². The van der Waals surface area contributed by atoms with Crippen molar-refractivity contribution in [1.29, 1.82) is 0 Å². The van der Waals surface area contributed by atoms with Crippen LogP contribution < -0.4 is 0 Å². The minimum absolute atomic E-state index is 0.199. The molecule has 7 heteroatoms. The highest BCUT2D eigenvalue weighted by Gasteiger charge is 2.29. The van der Waals surface area contributed by atoms with Crippen LogP contribution in [0.5, 0.6) is 0 Å². The predicted octanol–water partition coefficient (Wildman–Crippen LogP) is 5.03. The molecular formula is C29H26N2O4S. The lowest BCUT2D eigenvalue weighted by atomic mass is 9.93. The molecule has 0 saturated carbocycles. The fourth-order valence-electron chi connectivity index (χ4n) is 4.61.